The summed E-state index contributed by atoms with van der Waals surface area (Å²) in [6.07, 6.45) is -0.573. The molecule has 0 radical (unpaired) electrons. The van der Waals surface area contributed by atoms with E-state index in [9.17, 15) is 5.11 Å². The molecule has 0 fully saturated rings. The fourth-order valence-electron chi connectivity index (χ4n) is 3.89. The molecule has 2 aromatic carbocycles. The number of benzene rings is 2. The number of hydrogen-bond acceptors (Lipinski definition) is 6. The maximum Gasteiger partial charge on any atom is 0.222 e. The van der Waals surface area contributed by atoms with E-state index in [-0.39, 0.29) is 0 Å². The molecule has 1 atom stereocenters. The Balaban J connectivity index is 1.99. The Morgan fingerprint density at radius 2 is 1.64 bits per heavy atom. The molecule has 1 heterocycles. The van der Waals surface area contributed by atoms with E-state index in [0.717, 1.165) is 29.1 Å². The van der Waals surface area contributed by atoms with Gasteiger partial charge in [0.25, 0.3) is 0 Å². The number of aliphatic hydroxyl groups is 1. The number of aryl methyl sites for hydroxylation is 1. The normalized spacial score (nSPS) is 12.4. The number of rotatable bonds is 12. The van der Waals surface area contributed by atoms with Crippen molar-refractivity contribution in [1.29, 1.82) is 0 Å². The van der Waals surface area contributed by atoms with Crippen LogP contribution in [0.25, 0.3) is 11.3 Å². The molecule has 178 valence electrons. The topological polar surface area (TPSA) is 69.0 Å². The highest BCUT2D eigenvalue weighted by atomic mass is 16.5. The van der Waals surface area contributed by atoms with Crippen molar-refractivity contribution in [2.24, 2.45) is 13.0 Å². The van der Waals surface area contributed by atoms with Crippen LogP contribution in [-0.4, -0.2) is 59.8 Å². The Morgan fingerprint density at radius 1 is 0.970 bits per heavy atom. The number of aromatic nitrogens is 2. The zero-order valence-electron chi connectivity index (χ0n) is 20.2. The van der Waals surface area contributed by atoms with Crippen molar-refractivity contribution in [2.75, 3.05) is 33.9 Å². The third kappa shape index (κ3) is 6.81. The molecule has 0 saturated carbocycles. The lowest BCUT2D eigenvalue weighted by atomic mass is 10.1. The summed E-state index contributed by atoms with van der Waals surface area (Å²) in [5.74, 6) is 2.58. The van der Waals surface area contributed by atoms with Gasteiger partial charge < -0.3 is 19.3 Å². The van der Waals surface area contributed by atoms with Gasteiger partial charge in [0.1, 0.15) is 17.2 Å². The summed E-state index contributed by atoms with van der Waals surface area (Å²) in [6, 6.07) is 17.6. The number of hydrogen-bond donors (Lipinski definition) is 1. The van der Waals surface area contributed by atoms with Gasteiger partial charge in [0.15, 0.2) is 0 Å². The van der Waals surface area contributed by atoms with Gasteiger partial charge in [-0.3, -0.25) is 4.90 Å². The fraction of sp³-hybridized carbons (Fsp3) is 0.423. The molecule has 1 N–H and O–H groups in total. The van der Waals surface area contributed by atoms with Crippen LogP contribution >= 0.6 is 0 Å². The predicted molar refractivity (Wildman–Crippen MR) is 130 cm³/mol. The van der Waals surface area contributed by atoms with Crippen molar-refractivity contribution in [1.82, 2.24) is 14.7 Å². The van der Waals surface area contributed by atoms with Crippen LogP contribution in [0.5, 0.6) is 17.4 Å². The predicted octanol–water partition coefficient (Wildman–Crippen LogP) is 4.35. The van der Waals surface area contributed by atoms with E-state index in [4.69, 9.17) is 19.3 Å². The van der Waals surface area contributed by atoms with Gasteiger partial charge in [-0.2, -0.15) is 5.10 Å². The largest absolute Gasteiger partial charge is 0.497 e. The monoisotopic (exact) mass is 453 g/mol. The van der Waals surface area contributed by atoms with E-state index in [1.165, 1.54) is 0 Å². The molecule has 0 amide bonds. The minimum Gasteiger partial charge on any atom is -0.497 e. The van der Waals surface area contributed by atoms with Crippen molar-refractivity contribution in [3.05, 3.63) is 60.2 Å². The van der Waals surface area contributed by atoms with Gasteiger partial charge >= 0.3 is 0 Å². The Hall–Kier alpha value is -2.87. The first-order valence-corrected chi connectivity index (χ1v) is 11.2. The molecule has 3 aromatic rings. The van der Waals surface area contributed by atoms with Crippen LogP contribution < -0.4 is 9.47 Å². The van der Waals surface area contributed by atoms with Crippen LogP contribution in [0.1, 0.15) is 19.4 Å². The second kappa shape index (κ2) is 11.8. The number of aliphatic hydroxyl groups excluding tert-OH is 1. The molecular formula is C26H35N3O4. The molecule has 0 aliphatic heterocycles. The summed E-state index contributed by atoms with van der Waals surface area (Å²) in [5.41, 5.74) is 2.87. The second-order valence-corrected chi connectivity index (χ2v) is 8.60. The third-order valence-electron chi connectivity index (χ3n) is 5.24. The van der Waals surface area contributed by atoms with E-state index >= 15 is 0 Å². The van der Waals surface area contributed by atoms with Crippen LogP contribution in [0.3, 0.4) is 0 Å². The maximum absolute atomic E-state index is 10.4. The highest BCUT2D eigenvalue weighted by Crippen LogP contribution is 2.34. The molecule has 0 saturated heterocycles. The number of nitrogens with zero attached hydrogens (tertiary/aromatic N) is 3. The molecule has 0 unspecified atom stereocenters. The zero-order chi connectivity index (χ0) is 23.8. The van der Waals surface area contributed by atoms with E-state index in [1.54, 1.807) is 18.9 Å². The minimum atomic E-state index is -0.573. The first-order valence-electron chi connectivity index (χ1n) is 11.2. The molecule has 7 heteroatoms. The zero-order valence-corrected chi connectivity index (χ0v) is 20.2. The van der Waals surface area contributed by atoms with Crippen LogP contribution in [0.15, 0.2) is 54.6 Å². The Labute approximate surface area is 196 Å². The second-order valence-electron chi connectivity index (χ2n) is 8.60. The molecule has 0 aliphatic rings. The van der Waals surface area contributed by atoms with Gasteiger partial charge in [0.05, 0.1) is 25.4 Å². The van der Waals surface area contributed by atoms with Gasteiger partial charge in [0, 0.05) is 39.4 Å². The average Bonchev–Trinajstić information content (AvgIpc) is 3.09. The highest BCUT2D eigenvalue weighted by molar-refractivity contribution is 5.65. The van der Waals surface area contributed by atoms with Crippen molar-refractivity contribution < 1.29 is 19.3 Å². The lowest BCUT2D eigenvalue weighted by Gasteiger charge is -2.27. The lowest BCUT2D eigenvalue weighted by Crippen LogP contribution is -2.36. The number of methoxy groups -OCH3 is 2. The first-order chi connectivity index (χ1) is 15.9. The molecule has 33 heavy (non-hydrogen) atoms. The van der Waals surface area contributed by atoms with Crippen molar-refractivity contribution in [3.8, 4) is 28.6 Å². The summed E-state index contributed by atoms with van der Waals surface area (Å²) in [5, 5.41) is 15.2. The molecule has 7 nitrogen and oxygen atoms in total. The minimum absolute atomic E-state index is 0.294. The molecule has 0 spiro atoms. The molecule has 0 bridgehead atoms. The van der Waals surface area contributed by atoms with Crippen LogP contribution in [0, 0.1) is 5.92 Å². The van der Waals surface area contributed by atoms with Crippen LogP contribution in [0.2, 0.25) is 0 Å². The van der Waals surface area contributed by atoms with Crippen LogP contribution in [0.4, 0.5) is 0 Å². The smallest absolute Gasteiger partial charge is 0.222 e. The molecule has 0 aliphatic carbocycles. The average molecular weight is 454 g/mol. The van der Waals surface area contributed by atoms with E-state index in [1.807, 2.05) is 49.5 Å². The summed E-state index contributed by atoms with van der Waals surface area (Å²) < 4.78 is 18.5. The van der Waals surface area contributed by atoms with E-state index in [0.29, 0.717) is 37.2 Å². The fourth-order valence-corrected chi connectivity index (χ4v) is 3.89. The first kappa shape index (κ1) is 24.8. The summed E-state index contributed by atoms with van der Waals surface area (Å²) in [7, 11) is 5.13. The van der Waals surface area contributed by atoms with Gasteiger partial charge in [-0.25, -0.2) is 4.68 Å². The Morgan fingerprint density at radius 3 is 2.24 bits per heavy atom. The van der Waals surface area contributed by atoms with Crippen LogP contribution in [-0.2, 0) is 18.3 Å². The van der Waals surface area contributed by atoms with E-state index < -0.39 is 6.10 Å². The van der Waals surface area contributed by atoms with Crippen molar-refractivity contribution in [3.63, 3.8) is 0 Å². The maximum atomic E-state index is 10.4. The SMILES string of the molecule is COC[C@@H](O)CN(Cc1c(-c2ccccc2)nn(C)c1Oc1ccc(OC)cc1)CC(C)C. The standard InChI is InChI=1S/C26H35N3O4/c1-19(2)15-29(16-21(30)18-31-4)17-24-25(20-9-7-6-8-10-20)27-28(3)26(24)33-23-13-11-22(32-5)12-14-23/h6-14,19,21,30H,15-18H2,1-5H3/t21-/m0/s1. The summed E-state index contributed by atoms with van der Waals surface area (Å²) in [4.78, 5) is 2.23. The van der Waals surface area contributed by atoms with Gasteiger partial charge in [-0.05, 0) is 30.2 Å². The number of ether oxygens (including phenoxy) is 3. The van der Waals surface area contributed by atoms with Crippen molar-refractivity contribution in [2.45, 2.75) is 26.5 Å². The van der Waals surface area contributed by atoms with Gasteiger partial charge in [-0.15, -0.1) is 0 Å². The Kier molecular flexibility index (Phi) is 8.88. The lowest BCUT2D eigenvalue weighted by molar-refractivity contribution is 0.0330. The summed E-state index contributed by atoms with van der Waals surface area (Å²) >= 11 is 0. The third-order valence-corrected chi connectivity index (χ3v) is 5.24. The highest BCUT2D eigenvalue weighted by Gasteiger charge is 2.24. The summed E-state index contributed by atoms with van der Waals surface area (Å²) in [6.45, 7) is 6.55. The molecule has 1 aromatic heterocycles. The van der Waals surface area contributed by atoms with Gasteiger partial charge in [-0.1, -0.05) is 44.2 Å². The van der Waals surface area contributed by atoms with Gasteiger partial charge in [0.2, 0.25) is 5.88 Å². The Bertz CT molecular complexity index is 987. The van der Waals surface area contributed by atoms with Crippen molar-refractivity contribution >= 4 is 0 Å². The quantitative estimate of drug-likeness (QED) is 0.440. The molecule has 3 rings (SSSR count). The molecular weight excluding hydrogens is 418 g/mol. The van der Waals surface area contributed by atoms with E-state index in [2.05, 4.69) is 30.9 Å².